The normalized spacial score (nSPS) is 23.4. The van der Waals surface area contributed by atoms with E-state index in [1.807, 2.05) is 32.9 Å². The zero-order valence-electron chi connectivity index (χ0n) is 12.5. The van der Waals surface area contributed by atoms with E-state index in [1.165, 1.54) is 6.92 Å². The number of rotatable bonds is 3. The van der Waals surface area contributed by atoms with Gasteiger partial charge in [0.2, 0.25) is 0 Å². The van der Waals surface area contributed by atoms with E-state index in [0.29, 0.717) is 11.3 Å². The van der Waals surface area contributed by atoms with E-state index >= 15 is 0 Å². The summed E-state index contributed by atoms with van der Waals surface area (Å²) in [5, 5.41) is 11.1. The van der Waals surface area contributed by atoms with Crippen molar-refractivity contribution in [2.45, 2.75) is 39.4 Å². The van der Waals surface area contributed by atoms with Gasteiger partial charge < -0.3 is 14.6 Å². The first-order valence-corrected chi connectivity index (χ1v) is 6.55. The molecule has 0 unspecified atom stereocenters. The van der Waals surface area contributed by atoms with Gasteiger partial charge in [-0.2, -0.15) is 0 Å². The summed E-state index contributed by atoms with van der Waals surface area (Å²) in [6.45, 7) is 7.04. The van der Waals surface area contributed by atoms with Crippen molar-refractivity contribution in [3.8, 4) is 5.75 Å². The predicted octanol–water partition coefficient (Wildman–Crippen LogP) is 2.86. The third-order valence-corrected chi connectivity index (χ3v) is 3.93. The standard InChI is InChI=1S/C16H20O4/c1-9(2)10(3)16(18)14-12(15(16)20-11(4)17)7-6-8-13(14)19-5/h6-8,15,18H,1-5H3/t15-,16+/m0/s1. The third-order valence-electron chi connectivity index (χ3n) is 3.93. The molecule has 0 bridgehead atoms. The minimum atomic E-state index is -1.31. The zero-order chi connectivity index (χ0) is 15.1. The van der Waals surface area contributed by atoms with E-state index in [1.54, 1.807) is 13.2 Å². The molecule has 0 amide bonds. The zero-order valence-corrected chi connectivity index (χ0v) is 12.5. The monoisotopic (exact) mass is 276 g/mol. The van der Waals surface area contributed by atoms with Gasteiger partial charge >= 0.3 is 5.97 Å². The van der Waals surface area contributed by atoms with Crippen LogP contribution >= 0.6 is 0 Å². The van der Waals surface area contributed by atoms with E-state index in [-0.39, 0.29) is 0 Å². The summed E-state index contributed by atoms with van der Waals surface area (Å²) in [6.07, 6.45) is -0.681. The lowest BCUT2D eigenvalue weighted by molar-refractivity contribution is -0.168. The molecule has 1 aromatic carbocycles. The molecular formula is C16H20O4. The second-order valence-corrected chi connectivity index (χ2v) is 5.31. The van der Waals surface area contributed by atoms with E-state index in [4.69, 9.17) is 9.47 Å². The third kappa shape index (κ3) is 1.91. The molecule has 1 aromatic rings. The summed E-state index contributed by atoms with van der Waals surface area (Å²) in [7, 11) is 1.56. The number of ether oxygens (including phenoxy) is 2. The molecule has 1 aliphatic carbocycles. The highest BCUT2D eigenvalue weighted by Crippen LogP contribution is 2.58. The van der Waals surface area contributed by atoms with Crippen LogP contribution in [-0.4, -0.2) is 18.2 Å². The van der Waals surface area contributed by atoms with Gasteiger partial charge in [0.1, 0.15) is 5.75 Å². The van der Waals surface area contributed by atoms with Gasteiger partial charge in [0.05, 0.1) is 7.11 Å². The summed E-state index contributed by atoms with van der Waals surface area (Å²) < 4.78 is 10.7. The van der Waals surface area contributed by atoms with Crippen LogP contribution in [0.5, 0.6) is 5.75 Å². The highest BCUT2D eigenvalue weighted by molar-refractivity contribution is 5.69. The molecule has 0 fully saturated rings. The van der Waals surface area contributed by atoms with Gasteiger partial charge in [-0.1, -0.05) is 17.7 Å². The van der Waals surface area contributed by atoms with Gasteiger partial charge in [0.15, 0.2) is 11.7 Å². The van der Waals surface area contributed by atoms with E-state index < -0.39 is 17.7 Å². The Kier molecular flexibility index (Phi) is 3.61. The van der Waals surface area contributed by atoms with Crippen LogP contribution in [0.1, 0.15) is 44.9 Å². The number of benzene rings is 1. The van der Waals surface area contributed by atoms with Gasteiger partial charge in [-0.15, -0.1) is 0 Å². The lowest BCUT2D eigenvalue weighted by Crippen LogP contribution is -2.47. The molecule has 2 atom stereocenters. The fourth-order valence-electron chi connectivity index (χ4n) is 2.70. The van der Waals surface area contributed by atoms with Crippen molar-refractivity contribution in [3.63, 3.8) is 0 Å². The Hall–Kier alpha value is -1.81. The minimum absolute atomic E-state index is 0.413. The average Bonchev–Trinajstić information content (AvgIpc) is 2.42. The molecule has 4 heteroatoms. The summed E-state index contributed by atoms with van der Waals surface area (Å²) in [5.41, 5.74) is 1.93. The number of carbonyl (C=O) groups excluding carboxylic acids is 1. The predicted molar refractivity (Wildman–Crippen MR) is 75.4 cm³/mol. The molecule has 0 aromatic heterocycles. The topological polar surface area (TPSA) is 55.8 Å². The van der Waals surface area contributed by atoms with Gasteiger partial charge in [0, 0.05) is 18.1 Å². The molecule has 0 saturated heterocycles. The van der Waals surface area contributed by atoms with Crippen LogP contribution in [0.25, 0.3) is 0 Å². The second-order valence-electron chi connectivity index (χ2n) is 5.31. The fourth-order valence-corrected chi connectivity index (χ4v) is 2.70. The Bertz CT molecular complexity index is 584. The molecule has 0 heterocycles. The maximum atomic E-state index is 11.3. The van der Waals surface area contributed by atoms with Crippen molar-refractivity contribution >= 4 is 5.97 Å². The highest BCUT2D eigenvalue weighted by Gasteiger charge is 2.56. The Morgan fingerprint density at radius 2 is 1.90 bits per heavy atom. The van der Waals surface area contributed by atoms with E-state index in [0.717, 1.165) is 16.7 Å². The lowest BCUT2D eigenvalue weighted by Gasteiger charge is -2.47. The molecule has 0 saturated carbocycles. The van der Waals surface area contributed by atoms with Crippen molar-refractivity contribution < 1.29 is 19.4 Å². The van der Waals surface area contributed by atoms with Crippen molar-refractivity contribution in [2.75, 3.05) is 7.11 Å². The van der Waals surface area contributed by atoms with Gasteiger partial charge in [-0.25, -0.2) is 0 Å². The van der Waals surface area contributed by atoms with Crippen LogP contribution in [0.3, 0.4) is 0 Å². The average molecular weight is 276 g/mol. The summed E-state index contributed by atoms with van der Waals surface area (Å²) >= 11 is 0. The maximum Gasteiger partial charge on any atom is 0.303 e. The second kappa shape index (κ2) is 4.94. The number of aliphatic hydroxyl groups is 1. The number of allylic oxidation sites excluding steroid dienone is 1. The molecular weight excluding hydrogens is 256 g/mol. The summed E-state index contributed by atoms with van der Waals surface area (Å²) in [4.78, 5) is 11.3. The molecule has 0 spiro atoms. The van der Waals surface area contributed by atoms with Crippen LogP contribution < -0.4 is 4.74 Å². The van der Waals surface area contributed by atoms with Crippen LogP contribution in [0.2, 0.25) is 0 Å². The van der Waals surface area contributed by atoms with Crippen LogP contribution in [0.15, 0.2) is 29.3 Å². The number of esters is 1. The number of carbonyl (C=O) groups is 1. The first kappa shape index (κ1) is 14.6. The molecule has 108 valence electrons. The van der Waals surface area contributed by atoms with Crippen molar-refractivity contribution in [1.29, 1.82) is 0 Å². The molecule has 4 nitrogen and oxygen atoms in total. The van der Waals surface area contributed by atoms with Crippen molar-refractivity contribution in [2.24, 2.45) is 0 Å². The van der Waals surface area contributed by atoms with Crippen molar-refractivity contribution in [1.82, 2.24) is 0 Å². The fraction of sp³-hybridized carbons (Fsp3) is 0.438. The largest absolute Gasteiger partial charge is 0.496 e. The molecule has 1 aliphatic rings. The van der Waals surface area contributed by atoms with Gasteiger partial charge in [0.25, 0.3) is 0 Å². The number of hydrogen-bond donors (Lipinski definition) is 1. The first-order chi connectivity index (χ1) is 9.33. The number of fused-ring (bicyclic) bond motifs is 1. The molecule has 1 N–H and O–H groups in total. The Labute approximate surface area is 119 Å². The van der Waals surface area contributed by atoms with Crippen LogP contribution in [0.4, 0.5) is 0 Å². The highest BCUT2D eigenvalue weighted by atomic mass is 16.6. The minimum Gasteiger partial charge on any atom is -0.496 e. The number of hydrogen-bond acceptors (Lipinski definition) is 4. The Morgan fingerprint density at radius 3 is 2.40 bits per heavy atom. The van der Waals surface area contributed by atoms with Gasteiger partial charge in [-0.3, -0.25) is 4.79 Å². The van der Waals surface area contributed by atoms with Gasteiger partial charge in [-0.05, 0) is 32.4 Å². The quantitative estimate of drug-likeness (QED) is 0.681. The summed E-state index contributed by atoms with van der Waals surface area (Å²) in [5.74, 6) is 0.192. The maximum absolute atomic E-state index is 11.3. The molecule has 20 heavy (non-hydrogen) atoms. The SMILES string of the molecule is COc1cccc2c1[C@](O)(C(C)=C(C)C)[C@H]2OC(C)=O. The van der Waals surface area contributed by atoms with Crippen molar-refractivity contribution in [3.05, 3.63) is 40.5 Å². The van der Waals surface area contributed by atoms with Crippen LogP contribution in [0, 0.1) is 0 Å². The summed E-state index contributed by atoms with van der Waals surface area (Å²) in [6, 6.07) is 5.47. The Balaban J connectivity index is 2.63. The number of methoxy groups -OCH3 is 1. The molecule has 0 radical (unpaired) electrons. The van der Waals surface area contributed by atoms with Crippen LogP contribution in [-0.2, 0) is 15.1 Å². The molecule has 0 aliphatic heterocycles. The first-order valence-electron chi connectivity index (χ1n) is 6.55. The smallest absolute Gasteiger partial charge is 0.303 e. The van der Waals surface area contributed by atoms with E-state index in [2.05, 4.69) is 0 Å². The van der Waals surface area contributed by atoms with E-state index in [9.17, 15) is 9.90 Å². The molecule has 2 rings (SSSR count). The lowest BCUT2D eigenvalue weighted by atomic mass is 9.65. The Morgan fingerprint density at radius 1 is 1.25 bits per heavy atom.